The van der Waals surface area contributed by atoms with E-state index in [9.17, 15) is 34.8 Å². The number of nitrogens with one attached hydrogen (secondary N) is 1. The first-order valence-corrected chi connectivity index (χ1v) is 11.8. The van der Waals surface area contributed by atoms with Gasteiger partial charge in [0.05, 0.1) is 11.4 Å². The molecule has 0 saturated carbocycles. The summed E-state index contributed by atoms with van der Waals surface area (Å²) in [5.74, 6) is -0.640. The molecule has 2 unspecified atom stereocenters. The molecule has 0 bridgehead atoms. The predicted octanol–water partition coefficient (Wildman–Crippen LogP) is 0.0930. The van der Waals surface area contributed by atoms with E-state index in [0.717, 1.165) is 22.2 Å². The van der Waals surface area contributed by atoms with Crippen LogP contribution in [0.4, 0.5) is 4.79 Å². The van der Waals surface area contributed by atoms with Crippen LogP contribution in [0.1, 0.15) is 19.8 Å². The molecule has 0 aliphatic carbocycles. The number of rotatable bonds is 7. The van der Waals surface area contributed by atoms with Crippen molar-refractivity contribution >= 4 is 41.6 Å². The van der Waals surface area contributed by atoms with E-state index in [2.05, 4.69) is 5.32 Å². The maximum Gasteiger partial charge on any atom is 0.408 e. The number of ether oxygens (including phenoxy) is 1. The van der Waals surface area contributed by atoms with E-state index in [0.29, 0.717) is 12.7 Å². The number of halogens is 1. The Bertz CT molecular complexity index is 747. The molecule has 2 amide bonds. The van der Waals surface area contributed by atoms with E-state index in [1.807, 2.05) is 0 Å². The predicted molar refractivity (Wildman–Crippen MR) is 118 cm³/mol. The first-order chi connectivity index (χ1) is 15.1. The lowest BCUT2D eigenvalue weighted by molar-refractivity contribution is -0.205. The van der Waals surface area contributed by atoms with Crippen molar-refractivity contribution in [1.82, 2.24) is 10.2 Å². The number of aliphatic hydroxyl groups excluding tert-OH is 3. The van der Waals surface area contributed by atoms with Gasteiger partial charge >= 0.3 is 6.09 Å². The largest absolute Gasteiger partial charge is 0.465 e. The highest BCUT2D eigenvalue weighted by atomic mass is 35.5. The Labute approximate surface area is 195 Å². The van der Waals surface area contributed by atoms with Gasteiger partial charge < -0.3 is 30.5 Å². The van der Waals surface area contributed by atoms with Gasteiger partial charge in [-0.15, -0.1) is 23.4 Å². The molecule has 180 valence electrons. The third-order valence-corrected chi connectivity index (χ3v) is 6.68. The van der Waals surface area contributed by atoms with Gasteiger partial charge in [-0.25, -0.2) is 4.79 Å². The second-order valence-electron chi connectivity index (χ2n) is 7.64. The average Bonchev–Trinajstić information content (AvgIpc) is 2.97. The summed E-state index contributed by atoms with van der Waals surface area (Å²) in [7, 11) is 0. The molecular weight excluding hydrogens is 464 g/mol. The van der Waals surface area contributed by atoms with E-state index in [1.54, 1.807) is 25.3 Å². The first kappa shape index (κ1) is 26.6. The molecule has 1 saturated heterocycles. The van der Waals surface area contributed by atoms with Crippen molar-refractivity contribution in [3.8, 4) is 0 Å². The molecule has 12 heteroatoms. The highest BCUT2D eigenvalue weighted by Crippen LogP contribution is 2.30. The molecule has 32 heavy (non-hydrogen) atoms. The summed E-state index contributed by atoms with van der Waals surface area (Å²) in [4.78, 5) is 36.5. The molecule has 8 atom stereocenters. The van der Waals surface area contributed by atoms with Gasteiger partial charge in [-0.2, -0.15) is 0 Å². The number of carbonyl (C=O) groups is 3. The summed E-state index contributed by atoms with van der Waals surface area (Å²) in [6, 6.07) is -2.05. The molecule has 5 N–H and O–H groups in total. The Hall–Kier alpha value is -1.63. The lowest BCUT2D eigenvalue weighted by Crippen LogP contribution is -2.65. The Morgan fingerprint density at radius 1 is 1.31 bits per heavy atom. The van der Waals surface area contributed by atoms with Crippen molar-refractivity contribution in [1.29, 1.82) is 0 Å². The van der Waals surface area contributed by atoms with Gasteiger partial charge in [0.15, 0.2) is 0 Å². The Morgan fingerprint density at radius 2 is 2.00 bits per heavy atom. The number of amides is 2. The highest BCUT2D eigenvalue weighted by molar-refractivity contribution is 7.99. The molecule has 2 aliphatic rings. The Balaban J connectivity index is 2.24. The van der Waals surface area contributed by atoms with E-state index in [-0.39, 0.29) is 13.0 Å². The third-order valence-electron chi connectivity index (χ3n) is 5.55. The summed E-state index contributed by atoms with van der Waals surface area (Å²) in [6.45, 7) is 1.62. The molecule has 0 aromatic rings. The number of thioether (sulfide) groups is 1. The van der Waals surface area contributed by atoms with Gasteiger partial charge in [-0.3, -0.25) is 14.5 Å². The Morgan fingerprint density at radius 3 is 2.56 bits per heavy atom. The minimum atomic E-state index is -1.52. The molecule has 2 aliphatic heterocycles. The zero-order valence-corrected chi connectivity index (χ0v) is 19.3. The second kappa shape index (κ2) is 12.0. The maximum atomic E-state index is 13.1. The first-order valence-electron chi connectivity index (χ1n) is 10.1. The maximum absolute atomic E-state index is 13.1. The number of alkyl halides is 1. The van der Waals surface area contributed by atoms with Crippen molar-refractivity contribution in [3.63, 3.8) is 0 Å². The van der Waals surface area contributed by atoms with Gasteiger partial charge in [0.25, 0.3) is 0 Å². The van der Waals surface area contributed by atoms with Crippen LogP contribution in [0.15, 0.2) is 23.8 Å². The van der Waals surface area contributed by atoms with E-state index >= 15 is 0 Å². The molecule has 0 spiro atoms. The smallest absolute Gasteiger partial charge is 0.408 e. The van der Waals surface area contributed by atoms with E-state index in [1.165, 1.54) is 6.08 Å². The van der Waals surface area contributed by atoms with Crippen LogP contribution in [0.5, 0.6) is 0 Å². The van der Waals surface area contributed by atoms with Crippen LogP contribution in [-0.4, -0.2) is 104 Å². The van der Waals surface area contributed by atoms with Crippen molar-refractivity contribution in [2.75, 3.05) is 12.8 Å². The van der Waals surface area contributed by atoms with Gasteiger partial charge in [-0.1, -0.05) is 17.7 Å². The van der Waals surface area contributed by atoms with Crippen LogP contribution in [0.25, 0.3) is 0 Å². The monoisotopic (exact) mass is 492 g/mol. The fraction of sp³-hybridized carbons (Fsp3) is 0.650. The van der Waals surface area contributed by atoms with Crippen molar-refractivity contribution in [3.05, 3.63) is 23.8 Å². The third kappa shape index (κ3) is 6.24. The topological polar surface area (TPSA) is 157 Å². The number of aldehydes is 1. The Kier molecular flexibility index (Phi) is 9.99. The quantitative estimate of drug-likeness (QED) is 0.189. The zero-order valence-electron chi connectivity index (χ0n) is 17.7. The van der Waals surface area contributed by atoms with Gasteiger partial charge in [0.2, 0.25) is 5.91 Å². The van der Waals surface area contributed by atoms with E-state index in [4.69, 9.17) is 16.3 Å². The fourth-order valence-electron chi connectivity index (χ4n) is 3.77. The van der Waals surface area contributed by atoms with Gasteiger partial charge in [0.1, 0.15) is 42.2 Å². The SMILES string of the molecule is CS[C@H]1O[C@H](C(NC(=O)[C@@H]2CC=C(/C=C/C=O)CCN2C(=O)O)C(C)Cl)[C@H](O)[C@H](O)[C@H]1O. The van der Waals surface area contributed by atoms with Crippen LogP contribution in [0, 0.1) is 0 Å². The summed E-state index contributed by atoms with van der Waals surface area (Å²) < 4.78 is 5.72. The molecule has 2 heterocycles. The highest BCUT2D eigenvalue weighted by Gasteiger charge is 2.48. The van der Waals surface area contributed by atoms with Crippen molar-refractivity contribution in [2.24, 2.45) is 0 Å². The van der Waals surface area contributed by atoms with Crippen molar-refractivity contribution < 1.29 is 39.5 Å². The molecule has 2 rings (SSSR count). The molecule has 0 aromatic carbocycles. The van der Waals surface area contributed by atoms with E-state index < -0.39 is 59.3 Å². The number of hydrogen-bond donors (Lipinski definition) is 5. The molecule has 10 nitrogen and oxygen atoms in total. The van der Waals surface area contributed by atoms with Gasteiger partial charge in [-0.05, 0) is 32.1 Å². The zero-order chi connectivity index (χ0) is 24.0. The molecule has 0 radical (unpaired) electrons. The summed E-state index contributed by atoms with van der Waals surface area (Å²) in [5, 5.41) is 42.3. The second-order valence-corrected chi connectivity index (χ2v) is 9.26. The lowest BCUT2D eigenvalue weighted by atomic mass is 9.93. The molecule has 0 aromatic heterocycles. The fourth-order valence-corrected chi connectivity index (χ4v) is 4.66. The average molecular weight is 493 g/mol. The minimum Gasteiger partial charge on any atom is -0.465 e. The summed E-state index contributed by atoms with van der Waals surface area (Å²) in [5.41, 5.74) is -0.122. The van der Waals surface area contributed by atoms with Crippen molar-refractivity contribution in [2.45, 2.75) is 67.1 Å². The number of allylic oxidation sites excluding steroid dienone is 2. The number of aliphatic hydroxyl groups is 3. The molecule has 1 fully saturated rings. The normalized spacial score (nSPS) is 33.2. The van der Waals surface area contributed by atoms with Crippen LogP contribution >= 0.6 is 23.4 Å². The number of carbonyl (C=O) groups excluding carboxylic acids is 2. The molecular formula is C20H29ClN2O8S. The van der Waals surface area contributed by atoms with Crippen LogP contribution < -0.4 is 5.32 Å². The standard InChI is InChI=1S/C20H29ClN2O8S/c1-10(21)13(17-15(26)14(25)16(27)19(31-17)32-2)22-18(28)12-6-5-11(4-3-9-24)7-8-23(12)20(29)30/h3-5,9-10,12-17,19,25-27H,6-8H2,1-2H3,(H,22,28)(H,29,30)/b4-3+/t10?,12-,13?,14-,15+,16+,17+,19+/m0/s1. The van der Waals surface area contributed by atoms with Gasteiger partial charge in [0, 0.05) is 6.54 Å². The summed E-state index contributed by atoms with van der Waals surface area (Å²) in [6.07, 6.45) is 0.471. The van der Waals surface area contributed by atoms with Crippen LogP contribution in [0.2, 0.25) is 0 Å². The number of nitrogens with zero attached hydrogens (tertiary/aromatic N) is 1. The number of hydrogen-bond acceptors (Lipinski definition) is 8. The van der Waals surface area contributed by atoms with Crippen LogP contribution in [-0.2, 0) is 14.3 Å². The number of carboxylic acid groups (broad SMARTS) is 1. The lowest BCUT2D eigenvalue weighted by Gasteiger charge is -2.44. The van der Waals surface area contributed by atoms with Crippen LogP contribution in [0.3, 0.4) is 0 Å². The summed E-state index contributed by atoms with van der Waals surface area (Å²) >= 11 is 7.40. The minimum absolute atomic E-state index is 0.0472.